The van der Waals surface area contributed by atoms with Gasteiger partial charge in [0.1, 0.15) is 10.4 Å². The van der Waals surface area contributed by atoms with E-state index in [-0.39, 0.29) is 11.8 Å². The number of nitrogens with zero attached hydrogens (tertiary/aromatic N) is 2. The lowest BCUT2D eigenvalue weighted by Crippen LogP contribution is -2.60. The normalized spacial score (nSPS) is 16.3. The fourth-order valence-electron chi connectivity index (χ4n) is 3.73. The van der Waals surface area contributed by atoms with Crippen molar-refractivity contribution in [3.05, 3.63) is 15.6 Å². The van der Waals surface area contributed by atoms with E-state index < -0.39 is 5.54 Å². The molecule has 6 heteroatoms. The zero-order chi connectivity index (χ0) is 19.2. The molecular weight excluding hydrogens is 346 g/mol. The summed E-state index contributed by atoms with van der Waals surface area (Å²) in [5, 5.41) is 4.16. The average Bonchev–Trinajstić information content (AvgIpc) is 3.02. The number of likely N-dealkylation sites (N-methyl/N-ethyl adjacent to an activating group) is 1. The van der Waals surface area contributed by atoms with Crippen LogP contribution in [0, 0.1) is 6.92 Å². The number of hydrogen-bond donors (Lipinski definition) is 1. The quantitative estimate of drug-likeness (QED) is 0.740. The molecule has 0 bridgehead atoms. The van der Waals surface area contributed by atoms with Crippen LogP contribution in [0.25, 0.3) is 0 Å². The Morgan fingerprint density at radius 2 is 1.81 bits per heavy atom. The molecule has 0 saturated heterocycles. The topological polar surface area (TPSA) is 62.3 Å². The van der Waals surface area contributed by atoms with Crippen molar-refractivity contribution in [1.29, 1.82) is 0 Å². The highest BCUT2D eigenvalue weighted by Gasteiger charge is 2.43. The Kier molecular flexibility index (Phi) is 7.62. The van der Waals surface area contributed by atoms with E-state index in [0.29, 0.717) is 18.0 Å². The molecule has 0 unspecified atom stereocenters. The maximum Gasteiger partial charge on any atom is 0.264 e. The number of aryl methyl sites for hydroxylation is 2. The molecular formula is C20H33N3O2S. The van der Waals surface area contributed by atoms with Gasteiger partial charge in [0.2, 0.25) is 5.91 Å². The molecule has 2 amide bonds. The molecule has 0 spiro atoms. The fraction of sp³-hybridized carbons (Fsp3) is 0.750. The minimum absolute atomic E-state index is 0.0731. The van der Waals surface area contributed by atoms with Gasteiger partial charge >= 0.3 is 0 Å². The summed E-state index contributed by atoms with van der Waals surface area (Å²) in [6.07, 6.45) is 7.67. The zero-order valence-corrected chi connectivity index (χ0v) is 17.5. The maximum atomic E-state index is 13.2. The van der Waals surface area contributed by atoms with Gasteiger partial charge < -0.3 is 10.2 Å². The van der Waals surface area contributed by atoms with Gasteiger partial charge in [-0.1, -0.05) is 32.6 Å². The second kappa shape index (κ2) is 9.49. The van der Waals surface area contributed by atoms with Gasteiger partial charge in [-0.3, -0.25) is 9.59 Å². The largest absolute Gasteiger partial charge is 0.341 e. The highest BCUT2D eigenvalue weighted by atomic mass is 32.1. The lowest BCUT2D eigenvalue weighted by Gasteiger charge is -2.39. The number of unbranched alkanes of at least 4 members (excludes halogenated alkanes) is 1. The van der Waals surface area contributed by atoms with Crippen LogP contribution in [-0.4, -0.2) is 40.3 Å². The van der Waals surface area contributed by atoms with Crippen molar-refractivity contribution < 1.29 is 9.59 Å². The predicted molar refractivity (Wildman–Crippen MR) is 107 cm³/mol. The van der Waals surface area contributed by atoms with Gasteiger partial charge in [-0.25, -0.2) is 4.98 Å². The van der Waals surface area contributed by atoms with Crippen LogP contribution in [-0.2, 0) is 11.2 Å². The summed E-state index contributed by atoms with van der Waals surface area (Å²) in [6.45, 7) is 9.38. The number of rotatable bonds is 8. The number of aromatic nitrogens is 1. The molecule has 0 aliphatic heterocycles. The van der Waals surface area contributed by atoms with E-state index in [2.05, 4.69) is 17.2 Å². The lowest BCUT2D eigenvalue weighted by atomic mass is 9.80. The van der Waals surface area contributed by atoms with E-state index >= 15 is 0 Å². The molecule has 1 fully saturated rings. The van der Waals surface area contributed by atoms with Crippen molar-refractivity contribution in [2.45, 2.75) is 84.6 Å². The number of carbonyl (C=O) groups excluding carboxylic acids is 2. The predicted octanol–water partition coefficient (Wildman–Crippen LogP) is 4.10. The summed E-state index contributed by atoms with van der Waals surface area (Å²) < 4.78 is 0. The maximum absolute atomic E-state index is 13.2. The molecule has 146 valence electrons. The van der Waals surface area contributed by atoms with Crippen molar-refractivity contribution in [2.24, 2.45) is 0 Å². The van der Waals surface area contributed by atoms with Crippen LogP contribution in [0.4, 0.5) is 0 Å². The molecule has 1 saturated carbocycles. The Morgan fingerprint density at radius 1 is 1.15 bits per heavy atom. The molecule has 1 aliphatic carbocycles. The third-order valence-electron chi connectivity index (χ3n) is 5.31. The first-order valence-corrected chi connectivity index (χ1v) is 10.9. The van der Waals surface area contributed by atoms with Gasteiger partial charge in [-0.05, 0) is 46.5 Å². The Morgan fingerprint density at radius 3 is 2.38 bits per heavy atom. The minimum atomic E-state index is -0.749. The summed E-state index contributed by atoms with van der Waals surface area (Å²) >= 11 is 1.48. The Bertz CT molecular complexity index is 617. The standard InChI is InChI=1S/C20H33N3O2S/c1-5-8-12-16-21-15(4)17(26-16)18(24)22-20(13-10-9-11-14-20)19(25)23(6-2)7-3/h5-14H2,1-4H3,(H,22,24). The van der Waals surface area contributed by atoms with E-state index in [4.69, 9.17) is 0 Å². The highest BCUT2D eigenvalue weighted by molar-refractivity contribution is 7.13. The minimum Gasteiger partial charge on any atom is -0.341 e. The summed E-state index contributed by atoms with van der Waals surface area (Å²) in [6, 6.07) is 0. The van der Waals surface area contributed by atoms with Crippen LogP contribution in [0.15, 0.2) is 0 Å². The first-order valence-electron chi connectivity index (χ1n) is 10.1. The van der Waals surface area contributed by atoms with Gasteiger partial charge in [0.05, 0.1) is 10.7 Å². The van der Waals surface area contributed by atoms with Gasteiger partial charge in [-0.2, -0.15) is 0 Å². The summed E-state index contributed by atoms with van der Waals surface area (Å²) in [7, 11) is 0. The van der Waals surface area contributed by atoms with E-state index in [1.54, 1.807) is 0 Å². The number of hydrogen-bond acceptors (Lipinski definition) is 4. The second-order valence-electron chi connectivity index (χ2n) is 7.20. The Hall–Kier alpha value is -1.43. The van der Waals surface area contributed by atoms with E-state index in [9.17, 15) is 9.59 Å². The third-order valence-corrected chi connectivity index (χ3v) is 6.53. The van der Waals surface area contributed by atoms with Crippen molar-refractivity contribution >= 4 is 23.2 Å². The SMILES string of the molecule is CCCCc1nc(C)c(C(=O)NC2(C(=O)N(CC)CC)CCCCC2)s1. The van der Waals surface area contributed by atoms with Gasteiger partial charge in [0, 0.05) is 13.1 Å². The van der Waals surface area contributed by atoms with Gasteiger partial charge in [0.25, 0.3) is 5.91 Å². The van der Waals surface area contributed by atoms with Crippen molar-refractivity contribution in [2.75, 3.05) is 13.1 Å². The molecule has 26 heavy (non-hydrogen) atoms. The molecule has 1 heterocycles. The van der Waals surface area contributed by atoms with Crippen LogP contribution in [0.5, 0.6) is 0 Å². The molecule has 2 rings (SSSR count). The molecule has 0 atom stereocenters. The van der Waals surface area contributed by atoms with Crippen molar-refractivity contribution in [3.8, 4) is 0 Å². The summed E-state index contributed by atoms with van der Waals surface area (Å²) in [5.41, 5.74) is 0.0290. The van der Waals surface area contributed by atoms with Gasteiger partial charge in [-0.15, -0.1) is 11.3 Å². The van der Waals surface area contributed by atoms with Crippen molar-refractivity contribution in [1.82, 2.24) is 15.2 Å². The second-order valence-corrected chi connectivity index (χ2v) is 8.28. The molecule has 1 N–H and O–H groups in total. The van der Waals surface area contributed by atoms with E-state index in [1.165, 1.54) is 11.3 Å². The molecule has 1 aromatic heterocycles. The number of nitrogens with one attached hydrogen (secondary N) is 1. The zero-order valence-electron chi connectivity index (χ0n) is 16.7. The van der Waals surface area contributed by atoms with Crippen LogP contribution in [0.1, 0.15) is 86.1 Å². The summed E-state index contributed by atoms with van der Waals surface area (Å²) in [5.74, 6) is -0.0610. The van der Waals surface area contributed by atoms with Crippen LogP contribution in [0.3, 0.4) is 0 Å². The lowest BCUT2D eigenvalue weighted by molar-refractivity contribution is -0.139. The average molecular weight is 380 g/mol. The molecule has 0 aromatic carbocycles. The third kappa shape index (κ3) is 4.64. The monoisotopic (exact) mass is 379 g/mol. The first-order chi connectivity index (χ1) is 12.5. The Labute approximate surface area is 161 Å². The number of carbonyl (C=O) groups is 2. The van der Waals surface area contributed by atoms with Crippen LogP contribution < -0.4 is 5.32 Å². The first kappa shape index (κ1) is 20.9. The van der Waals surface area contributed by atoms with E-state index in [1.807, 2.05) is 25.7 Å². The fourth-order valence-corrected chi connectivity index (χ4v) is 4.73. The molecule has 1 aromatic rings. The van der Waals surface area contributed by atoms with Crippen LogP contribution in [0.2, 0.25) is 0 Å². The molecule has 5 nitrogen and oxygen atoms in total. The highest BCUT2D eigenvalue weighted by Crippen LogP contribution is 2.31. The Balaban J connectivity index is 2.21. The number of thiazole rings is 1. The molecule has 0 radical (unpaired) electrons. The smallest absolute Gasteiger partial charge is 0.264 e. The number of amides is 2. The summed E-state index contributed by atoms with van der Waals surface area (Å²) in [4.78, 5) is 33.3. The van der Waals surface area contributed by atoms with E-state index in [0.717, 1.165) is 62.1 Å². The molecule has 1 aliphatic rings. The van der Waals surface area contributed by atoms with Crippen molar-refractivity contribution in [3.63, 3.8) is 0 Å². The van der Waals surface area contributed by atoms with Gasteiger partial charge in [0.15, 0.2) is 0 Å². The van der Waals surface area contributed by atoms with Crippen LogP contribution >= 0.6 is 11.3 Å².